The number of amides is 1. The largest absolute Gasteiger partial charge is 0.384 e. The molecule has 0 unspecified atom stereocenters. The van der Waals surface area contributed by atoms with E-state index in [-0.39, 0.29) is 5.91 Å². The van der Waals surface area contributed by atoms with E-state index < -0.39 is 0 Å². The molecule has 1 aliphatic rings. The molecule has 0 aliphatic carbocycles. The minimum absolute atomic E-state index is 0.0748. The lowest BCUT2D eigenvalue weighted by Gasteiger charge is -2.16. The maximum atomic E-state index is 13.2. The lowest BCUT2D eigenvalue weighted by molar-refractivity contribution is 0.0997. The summed E-state index contributed by atoms with van der Waals surface area (Å²) in [5.41, 5.74) is 6.28. The van der Waals surface area contributed by atoms with Gasteiger partial charge in [0.15, 0.2) is 0 Å². The van der Waals surface area contributed by atoms with Crippen LogP contribution in [-0.4, -0.2) is 17.4 Å². The average Bonchev–Trinajstić information content (AvgIpc) is 3.11. The Morgan fingerprint density at radius 3 is 2.62 bits per heavy atom. The Morgan fingerprint density at radius 2 is 1.86 bits per heavy atom. The number of unbranched alkanes of at least 4 members (excludes halogenated alkanes) is 1. The Labute approximate surface area is 172 Å². The highest BCUT2D eigenvalue weighted by Gasteiger charge is 2.30. The summed E-state index contributed by atoms with van der Waals surface area (Å²) >= 11 is 0. The van der Waals surface area contributed by atoms with Crippen molar-refractivity contribution < 1.29 is 4.79 Å². The van der Waals surface area contributed by atoms with Gasteiger partial charge in [0.05, 0.1) is 12.1 Å². The molecule has 0 saturated carbocycles. The molecule has 4 rings (SSSR count). The van der Waals surface area contributed by atoms with Crippen molar-refractivity contribution >= 4 is 17.3 Å². The van der Waals surface area contributed by atoms with E-state index in [9.17, 15) is 4.79 Å². The minimum Gasteiger partial charge on any atom is -0.384 e. The number of nitrogens with one attached hydrogen (secondary N) is 1. The van der Waals surface area contributed by atoms with E-state index in [0.717, 1.165) is 41.9 Å². The number of fused-ring (bicyclic) bond motifs is 1. The summed E-state index contributed by atoms with van der Waals surface area (Å²) in [7, 11) is 0. The summed E-state index contributed by atoms with van der Waals surface area (Å²) in [4.78, 5) is 19.2. The second-order valence-corrected chi connectivity index (χ2v) is 7.54. The van der Waals surface area contributed by atoms with E-state index in [1.807, 2.05) is 29.3 Å². The van der Waals surface area contributed by atoms with Gasteiger partial charge in [-0.05, 0) is 60.2 Å². The van der Waals surface area contributed by atoms with Gasteiger partial charge in [0.25, 0.3) is 5.91 Å². The molecule has 1 N–H and O–H groups in total. The van der Waals surface area contributed by atoms with Gasteiger partial charge in [-0.2, -0.15) is 0 Å². The Morgan fingerprint density at radius 1 is 1.00 bits per heavy atom. The summed E-state index contributed by atoms with van der Waals surface area (Å²) < 4.78 is 0. The van der Waals surface area contributed by atoms with Gasteiger partial charge in [-0.1, -0.05) is 43.7 Å². The maximum Gasteiger partial charge on any atom is 0.261 e. The molecular formula is C25H27N3O. The maximum absolute atomic E-state index is 13.2. The van der Waals surface area contributed by atoms with Crippen molar-refractivity contribution in [1.82, 2.24) is 4.98 Å². The number of benzene rings is 2. The molecule has 148 valence electrons. The van der Waals surface area contributed by atoms with Gasteiger partial charge in [0, 0.05) is 30.3 Å². The highest BCUT2D eigenvalue weighted by molar-refractivity contribution is 6.13. The fourth-order valence-electron chi connectivity index (χ4n) is 3.83. The fourth-order valence-corrected chi connectivity index (χ4v) is 3.83. The topological polar surface area (TPSA) is 45.2 Å². The van der Waals surface area contributed by atoms with Crippen LogP contribution in [0.15, 0.2) is 67.0 Å². The van der Waals surface area contributed by atoms with Crippen LogP contribution in [0.2, 0.25) is 0 Å². The molecule has 1 aliphatic heterocycles. The average molecular weight is 386 g/mol. The van der Waals surface area contributed by atoms with Crippen molar-refractivity contribution in [2.75, 3.05) is 16.8 Å². The zero-order valence-corrected chi connectivity index (χ0v) is 16.9. The number of pyridine rings is 1. The molecule has 0 bridgehead atoms. The van der Waals surface area contributed by atoms with Gasteiger partial charge in [-0.25, -0.2) is 0 Å². The SMILES string of the molecule is CCCCc1ccc(N2Cc3cccc(NCCc4cccnc4)c3C2=O)cc1. The summed E-state index contributed by atoms with van der Waals surface area (Å²) in [6, 6.07) is 18.5. The van der Waals surface area contributed by atoms with Crippen LogP contribution >= 0.6 is 0 Å². The Bertz CT molecular complexity index is 967. The van der Waals surface area contributed by atoms with Crippen LogP contribution < -0.4 is 10.2 Å². The predicted octanol–water partition coefficient (Wildman–Crippen LogP) is 5.24. The number of carbonyl (C=O) groups excluding carboxylic acids is 1. The number of hydrogen-bond acceptors (Lipinski definition) is 3. The van der Waals surface area contributed by atoms with E-state index in [0.29, 0.717) is 6.54 Å². The zero-order chi connectivity index (χ0) is 20.1. The molecule has 4 nitrogen and oxygen atoms in total. The van der Waals surface area contributed by atoms with Gasteiger partial charge in [0.1, 0.15) is 0 Å². The standard InChI is InChI=1S/C25H27N3O/c1-2-3-6-19-10-12-22(13-11-19)28-18-21-8-4-9-23(24(21)25(28)29)27-16-14-20-7-5-15-26-17-20/h4-5,7-13,15,17,27H,2-3,6,14,16,18H2,1H3. The van der Waals surface area contributed by atoms with Gasteiger partial charge >= 0.3 is 0 Å². The monoisotopic (exact) mass is 385 g/mol. The van der Waals surface area contributed by atoms with Crippen molar-refractivity contribution in [1.29, 1.82) is 0 Å². The molecule has 29 heavy (non-hydrogen) atoms. The van der Waals surface area contributed by atoms with Crippen molar-refractivity contribution in [3.63, 3.8) is 0 Å². The predicted molar refractivity (Wildman–Crippen MR) is 118 cm³/mol. The molecule has 1 amide bonds. The molecule has 4 heteroatoms. The molecule has 0 radical (unpaired) electrons. The van der Waals surface area contributed by atoms with Gasteiger partial charge in [-0.15, -0.1) is 0 Å². The van der Waals surface area contributed by atoms with Crippen molar-refractivity contribution in [3.8, 4) is 0 Å². The van der Waals surface area contributed by atoms with Crippen LogP contribution in [0.5, 0.6) is 0 Å². The number of carbonyl (C=O) groups is 1. The van der Waals surface area contributed by atoms with Crippen LogP contribution in [0.4, 0.5) is 11.4 Å². The molecule has 0 fully saturated rings. The first-order valence-corrected chi connectivity index (χ1v) is 10.4. The Kier molecular flexibility index (Phi) is 5.89. The molecule has 0 spiro atoms. The molecule has 2 aromatic carbocycles. The number of aromatic nitrogens is 1. The smallest absolute Gasteiger partial charge is 0.261 e. The second-order valence-electron chi connectivity index (χ2n) is 7.54. The molecule has 3 aromatic rings. The highest BCUT2D eigenvalue weighted by atomic mass is 16.2. The lowest BCUT2D eigenvalue weighted by atomic mass is 10.1. The van der Waals surface area contributed by atoms with E-state index in [1.165, 1.54) is 24.0 Å². The van der Waals surface area contributed by atoms with Crippen LogP contribution in [-0.2, 0) is 19.4 Å². The van der Waals surface area contributed by atoms with Crippen LogP contribution in [0.25, 0.3) is 0 Å². The fraction of sp³-hybridized carbons (Fsp3) is 0.280. The van der Waals surface area contributed by atoms with Crippen LogP contribution in [0.1, 0.15) is 46.8 Å². The van der Waals surface area contributed by atoms with E-state index >= 15 is 0 Å². The Balaban J connectivity index is 1.46. The van der Waals surface area contributed by atoms with Crippen LogP contribution in [0.3, 0.4) is 0 Å². The van der Waals surface area contributed by atoms with Gasteiger partial charge in [-0.3, -0.25) is 9.78 Å². The molecule has 2 heterocycles. The minimum atomic E-state index is 0.0748. The van der Waals surface area contributed by atoms with E-state index in [1.54, 1.807) is 6.20 Å². The summed E-state index contributed by atoms with van der Waals surface area (Å²) in [6.45, 7) is 3.60. The van der Waals surface area contributed by atoms with Gasteiger partial charge < -0.3 is 10.2 Å². The molecule has 1 aromatic heterocycles. The third-order valence-corrected chi connectivity index (χ3v) is 5.46. The molecule has 0 saturated heterocycles. The number of anilines is 2. The normalized spacial score (nSPS) is 12.9. The lowest BCUT2D eigenvalue weighted by Crippen LogP contribution is -2.23. The summed E-state index contributed by atoms with van der Waals surface area (Å²) in [6.07, 6.45) is 8.02. The summed E-state index contributed by atoms with van der Waals surface area (Å²) in [5, 5.41) is 3.45. The number of nitrogens with zero attached hydrogens (tertiary/aromatic N) is 2. The number of hydrogen-bond donors (Lipinski definition) is 1. The van der Waals surface area contributed by atoms with E-state index in [2.05, 4.69) is 53.6 Å². The first kappa shape index (κ1) is 19.2. The Hall–Kier alpha value is -3.14. The van der Waals surface area contributed by atoms with Crippen molar-refractivity contribution in [3.05, 3.63) is 89.2 Å². The van der Waals surface area contributed by atoms with E-state index in [4.69, 9.17) is 0 Å². The number of rotatable bonds is 8. The molecular weight excluding hydrogens is 358 g/mol. The van der Waals surface area contributed by atoms with Gasteiger partial charge in [0.2, 0.25) is 0 Å². The first-order valence-electron chi connectivity index (χ1n) is 10.4. The van der Waals surface area contributed by atoms with Crippen molar-refractivity contribution in [2.45, 2.75) is 39.2 Å². The first-order chi connectivity index (χ1) is 14.3. The second kappa shape index (κ2) is 8.91. The third-order valence-electron chi connectivity index (χ3n) is 5.46. The third kappa shape index (κ3) is 4.32. The highest BCUT2D eigenvalue weighted by Crippen LogP contribution is 2.33. The summed E-state index contributed by atoms with van der Waals surface area (Å²) in [5.74, 6) is 0.0748. The van der Waals surface area contributed by atoms with Crippen molar-refractivity contribution in [2.24, 2.45) is 0 Å². The number of aryl methyl sites for hydroxylation is 1. The van der Waals surface area contributed by atoms with Crippen LogP contribution in [0, 0.1) is 0 Å². The molecule has 0 atom stereocenters. The zero-order valence-electron chi connectivity index (χ0n) is 16.9. The quantitative estimate of drug-likeness (QED) is 0.577.